The van der Waals surface area contributed by atoms with Crippen LogP contribution in [-0.2, 0) is 38.5 Å². The molecule has 6 rings (SSSR count). The molecule has 0 bridgehead atoms. The lowest BCUT2D eigenvalue weighted by Crippen LogP contribution is -1.93. The third kappa shape index (κ3) is 38.0. The lowest BCUT2D eigenvalue weighted by molar-refractivity contribution is 0.555. The number of halogens is 2. The topological polar surface area (TPSA) is 25.8 Å². The highest BCUT2D eigenvalue weighted by molar-refractivity contribution is 9.11. The Labute approximate surface area is 683 Å². The van der Waals surface area contributed by atoms with E-state index in [0.29, 0.717) is 0 Å². The van der Waals surface area contributed by atoms with Crippen LogP contribution in [0, 0.1) is 0 Å². The second kappa shape index (κ2) is 60.6. The average Bonchev–Trinajstić information content (AvgIpc) is 1.62. The smallest absolute Gasteiger partial charge is 0.134 e. The van der Waals surface area contributed by atoms with Crippen LogP contribution in [-0.4, -0.2) is 9.97 Å². The highest BCUT2D eigenvalue weighted by Gasteiger charge is 2.27. The third-order valence-corrected chi connectivity index (χ3v) is 31.1. The summed E-state index contributed by atoms with van der Waals surface area (Å²) < 4.78 is 2.56. The van der Waals surface area contributed by atoms with Gasteiger partial charge in [0, 0.05) is 19.5 Å². The summed E-state index contributed by atoms with van der Waals surface area (Å²) in [5, 5.41) is 2.57. The number of aromatic nitrogens is 2. The molecule has 0 atom stereocenters. The van der Waals surface area contributed by atoms with Crippen LogP contribution in [0.2, 0.25) is 0 Å². The van der Waals surface area contributed by atoms with Crippen LogP contribution < -0.4 is 0 Å². The first-order chi connectivity index (χ1) is 51.3. The molecular formula is C94H154Br2N2S6. The van der Waals surface area contributed by atoms with Gasteiger partial charge in [-0.25, -0.2) is 9.97 Å². The zero-order valence-electron chi connectivity index (χ0n) is 68.1. The van der Waals surface area contributed by atoms with Crippen molar-refractivity contribution in [3.8, 4) is 49.0 Å². The molecule has 0 saturated carbocycles. The SMILES string of the molecule is CCCCCCCCCCCCc1cc(Br)sc1-c1cc(CCCCCCCCCCCC)c(-c2nc(CCCCCCCCCCCC)c(-c3sc(-c4sc(-c5sc(Br)cc5CCCCCCCCCCCC)cc4CCCCCCCCCCCC)nc3CCCCCCCCCCCC)s2)s1. The molecule has 0 spiro atoms. The van der Waals surface area contributed by atoms with E-state index in [4.69, 9.17) is 9.97 Å². The van der Waals surface area contributed by atoms with E-state index >= 15 is 0 Å². The van der Waals surface area contributed by atoms with Crippen LogP contribution in [0.3, 0.4) is 0 Å². The molecule has 0 aliphatic carbocycles. The van der Waals surface area contributed by atoms with Crippen molar-refractivity contribution < 1.29 is 0 Å². The summed E-state index contributed by atoms with van der Waals surface area (Å²) in [7, 11) is 0. The minimum absolute atomic E-state index is 1.06. The molecule has 6 heterocycles. The molecule has 0 saturated heterocycles. The molecule has 0 unspecified atom stereocenters. The monoisotopic (exact) mass is 1660 g/mol. The van der Waals surface area contributed by atoms with Crippen LogP contribution in [0.1, 0.15) is 460 Å². The van der Waals surface area contributed by atoms with Crippen molar-refractivity contribution in [2.75, 3.05) is 0 Å². The first-order valence-electron chi connectivity index (χ1n) is 45.1. The molecule has 0 aliphatic rings. The van der Waals surface area contributed by atoms with Crippen molar-refractivity contribution in [2.45, 2.75) is 465 Å². The Morgan fingerprint density at radius 2 is 0.394 bits per heavy atom. The first-order valence-corrected chi connectivity index (χ1v) is 51.6. The van der Waals surface area contributed by atoms with Gasteiger partial charge in [-0.05, 0) is 155 Å². The molecule has 104 heavy (non-hydrogen) atoms. The summed E-state index contributed by atoms with van der Waals surface area (Å²) in [6.45, 7) is 14.0. The van der Waals surface area contributed by atoms with Crippen molar-refractivity contribution >= 4 is 99.9 Å². The zero-order chi connectivity index (χ0) is 73.5. The second-order valence-corrected chi connectivity index (χ2v) is 40.9. The summed E-state index contributed by atoms with van der Waals surface area (Å²) >= 11 is 20.4. The largest absolute Gasteiger partial charge is 0.240 e. The molecule has 0 fully saturated rings. The predicted molar refractivity (Wildman–Crippen MR) is 485 cm³/mol. The maximum atomic E-state index is 6.04. The lowest BCUT2D eigenvalue weighted by atomic mass is 10.0. The Balaban J connectivity index is 1.38. The Kier molecular flexibility index (Phi) is 53.6. The van der Waals surface area contributed by atoms with E-state index < -0.39 is 0 Å². The van der Waals surface area contributed by atoms with Gasteiger partial charge in [0.2, 0.25) is 0 Å². The zero-order valence-corrected chi connectivity index (χ0v) is 76.1. The highest BCUT2D eigenvalue weighted by atomic mass is 79.9. The number of nitrogens with zero attached hydrogens (tertiary/aromatic N) is 2. The van der Waals surface area contributed by atoms with Crippen molar-refractivity contribution in [1.82, 2.24) is 9.97 Å². The fourth-order valence-electron chi connectivity index (χ4n) is 15.8. The Hall–Kier alpha value is -0.980. The molecule has 0 radical (unpaired) electrons. The van der Waals surface area contributed by atoms with E-state index in [1.54, 1.807) is 22.3 Å². The van der Waals surface area contributed by atoms with Crippen LogP contribution in [0.15, 0.2) is 31.8 Å². The van der Waals surface area contributed by atoms with Gasteiger partial charge in [-0.1, -0.05) is 388 Å². The summed E-state index contributed by atoms with van der Waals surface area (Å²) in [5.74, 6) is 0. The van der Waals surface area contributed by atoms with Crippen LogP contribution in [0.25, 0.3) is 49.0 Å². The van der Waals surface area contributed by atoms with Crippen LogP contribution in [0.4, 0.5) is 0 Å². The fourth-order valence-corrected chi connectivity index (χ4v) is 24.5. The van der Waals surface area contributed by atoms with E-state index in [-0.39, 0.29) is 0 Å². The fraction of sp³-hybridized carbons (Fsp3) is 0.766. The number of hydrogen-bond acceptors (Lipinski definition) is 8. The normalized spacial score (nSPS) is 11.9. The minimum atomic E-state index is 1.06. The summed E-state index contributed by atoms with van der Waals surface area (Å²) in [6, 6.07) is 10.3. The van der Waals surface area contributed by atoms with Gasteiger partial charge in [-0.3, -0.25) is 0 Å². The summed E-state index contributed by atoms with van der Waals surface area (Å²) in [6.07, 6.45) is 88.9. The summed E-state index contributed by atoms with van der Waals surface area (Å²) in [5.41, 5.74) is 8.93. The third-order valence-electron chi connectivity index (χ3n) is 22.3. The second-order valence-electron chi connectivity index (χ2n) is 31.9. The number of rotatable bonds is 71. The van der Waals surface area contributed by atoms with Gasteiger partial charge in [0.1, 0.15) is 10.0 Å². The number of aryl methyl sites for hydroxylation is 6. The van der Waals surface area contributed by atoms with Gasteiger partial charge in [0.25, 0.3) is 0 Å². The number of unbranched alkanes of at least 4 members (excludes halogenated alkanes) is 54. The maximum Gasteiger partial charge on any atom is 0.134 e. The molecule has 6 aromatic heterocycles. The van der Waals surface area contributed by atoms with E-state index in [0.717, 1.165) is 25.7 Å². The van der Waals surface area contributed by atoms with E-state index in [9.17, 15) is 0 Å². The Morgan fingerprint density at radius 1 is 0.202 bits per heavy atom. The van der Waals surface area contributed by atoms with Crippen molar-refractivity contribution in [3.63, 3.8) is 0 Å². The molecule has 0 aliphatic heterocycles. The van der Waals surface area contributed by atoms with Crippen molar-refractivity contribution in [2.24, 2.45) is 0 Å². The predicted octanol–water partition coefficient (Wildman–Crippen LogP) is 37.5. The molecule has 6 aromatic rings. The molecule has 0 N–H and O–H groups in total. The first kappa shape index (κ1) is 91.9. The van der Waals surface area contributed by atoms with E-state index in [1.165, 1.54) is 466 Å². The molecule has 10 heteroatoms. The average molecular weight is 1660 g/mol. The molecule has 0 amide bonds. The maximum absolute atomic E-state index is 6.04. The van der Waals surface area contributed by atoms with Gasteiger partial charge in [0.15, 0.2) is 0 Å². The van der Waals surface area contributed by atoms with Crippen molar-refractivity contribution in [1.29, 1.82) is 0 Å². The highest BCUT2D eigenvalue weighted by Crippen LogP contribution is 2.52. The van der Waals surface area contributed by atoms with Gasteiger partial charge < -0.3 is 0 Å². The van der Waals surface area contributed by atoms with Gasteiger partial charge in [0.05, 0.1) is 38.5 Å². The molecule has 0 aromatic carbocycles. The molecular weight excluding hydrogens is 1510 g/mol. The molecule has 590 valence electrons. The lowest BCUT2D eigenvalue weighted by Gasteiger charge is -2.05. The van der Waals surface area contributed by atoms with Gasteiger partial charge in [-0.2, -0.15) is 0 Å². The molecule has 2 nitrogen and oxygen atoms in total. The number of thiazole rings is 2. The van der Waals surface area contributed by atoms with E-state index in [2.05, 4.69) is 143 Å². The summed E-state index contributed by atoms with van der Waals surface area (Å²) in [4.78, 5) is 23.9. The number of hydrogen-bond donors (Lipinski definition) is 0. The van der Waals surface area contributed by atoms with Crippen molar-refractivity contribution in [3.05, 3.63) is 65.5 Å². The Bertz CT molecular complexity index is 2800. The van der Waals surface area contributed by atoms with Crippen LogP contribution >= 0.6 is 99.9 Å². The van der Waals surface area contributed by atoms with Gasteiger partial charge >= 0.3 is 0 Å². The number of thiophene rings is 4. The standard InChI is InChI=1S/C94H154Br2N2S6/c1-7-13-19-25-31-37-43-49-55-61-67-77-73-83(87-79(75-85(95)101-87)69-63-57-51-45-39-33-27-21-15-9-3)99-89(77)93-97-81(71-65-59-53-47-41-35-29-23-17-11-5)91(103-93)92-82(72-66-60-54-48-42-36-30-24-18-12-6)98-94(104-92)90-78(68-62-56-50-44-38-32-26-20-14-8-2)74-84(100-90)88-80(76-86(96)102-88)70-64-58-52-46-40-34-28-22-16-10-4/h73-76H,7-72H2,1-6H3. The Morgan fingerprint density at radius 3 is 0.615 bits per heavy atom. The quantitative estimate of drug-likeness (QED) is 0.0356. The minimum Gasteiger partial charge on any atom is -0.240 e. The van der Waals surface area contributed by atoms with E-state index in [1.807, 2.05) is 22.7 Å². The van der Waals surface area contributed by atoms with Crippen LogP contribution in [0.5, 0.6) is 0 Å². The van der Waals surface area contributed by atoms with Gasteiger partial charge in [-0.15, -0.1) is 68.0 Å².